The summed E-state index contributed by atoms with van der Waals surface area (Å²) in [6, 6.07) is 0. The molecule has 0 bridgehead atoms. The number of nitrogens with zero attached hydrogens (tertiary/aromatic N) is 2. The SMILES string of the molecule is CCNC(=NCC1(O)CCCC1)N1CCCC2(CCCOC2)C1.I. The predicted molar refractivity (Wildman–Crippen MR) is 108 cm³/mol. The molecule has 0 aromatic rings. The van der Waals surface area contributed by atoms with Gasteiger partial charge in [-0.05, 0) is 45.4 Å². The van der Waals surface area contributed by atoms with Crippen LogP contribution in [0.5, 0.6) is 0 Å². The highest BCUT2D eigenvalue weighted by Crippen LogP contribution is 2.37. The van der Waals surface area contributed by atoms with E-state index in [1.165, 1.54) is 25.7 Å². The Morgan fingerprint density at radius 1 is 1.17 bits per heavy atom. The summed E-state index contributed by atoms with van der Waals surface area (Å²) >= 11 is 0. The molecule has 1 saturated carbocycles. The van der Waals surface area contributed by atoms with Crippen LogP contribution in [0.4, 0.5) is 0 Å². The minimum atomic E-state index is -0.567. The highest BCUT2D eigenvalue weighted by molar-refractivity contribution is 14.0. The molecule has 3 aliphatic rings. The number of piperidine rings is 1. The fourth-order valence-electron chi connectivity index (χ4n) is 4.46. The van der Waals surface area contributed by atoms with E-state index >= 15 is 0 Å². The van der Waals surface area contributed by atoms with Crippen molar-refractivity contribution in [3.8, 4) is 0 Å². The van der Waals surface area contributed by atoms with Crippen molar-refractivity contribution in [2.75, 3.05) is 39.4 Å². The van der Waals surface area contributed by atoms with Crippen molar-refractivity contribution in [3.05, 3.63) is 0 Å². The molecular formula is C18H34IN3O2. The summed E-state index contributed by atoms with van der Waals surface area (Å²) in [5.74, 6) is 0.984. The number of halogens is 1. The van der Waals surface area contributed by atoms with Crippen LogP contribution in [0.3, 0.4) is 0 Å². The first-order chi connectivity index (χ1) is 11.1. The van der Waals surface area contributed by atoms with Crippen molar-refractivity contribution in [2.24, 2.45) is 10.4 Å². The number of guanidine groups is 1. The summed E-state index contributed by atoms with van der Waals surface area (Å²) in [7, 11) is 0. The molecule has 0 radical (unpaired) electrons. The average Bonchev–Trinajstić information content (AvgIpc) is 2.99. The molecule has 3 fully saturated rings. The molecule has 140 valence electrons. The Balaban J connectivity index is 0.00000208. The topological polar surface area (TPSA) is 57.1 Å². The number of hydrogen-bond acceptors (Lipinski definition) is 3. The van der Waals surface area contributed by atoms with Gasteiger partial charge in [-0.3, -0.25) is 4.99 Å². The van der Waals surface area contributed by atoms with Gasteiger partial charge in [0.1, 0.15) is 0 Å². The molecule has 5 nitrogen and oxygen atoms in total. The fraction of sp³-hybridized carbons (Fsp3) is 0.944. The lowest BCUT2D eigenvalue weighted by Crippen LogP contribution is -2.53. The first kappa shape index (κ1) is 20.2. The van der Waals surface area contributed by atoms with E-state index in [2.05, 4.69) is 17.1 Å². The highest BCUT2D eigenvalue weighted by atomic mass is 127. The van der Waals surface area contributed by atoms with Gasteiger partial charge in [0.15, 0.2) is 5.96 Å². The van der Waals surface area contributed by atoms with Crippen molar-refractivity contribution in [1.29, 1.82) is 0 Å². The molecule has 0 amide bonds. The van der Waals surface area contributed by atoms with Gasteiger partial charge in [0.2, 0.25) is 0 Å². The van der Waals surface area contributed by atoms with E-state index < -0.39 is 5.60 Å². The Hall–Kier alpha value is -0.0800. The molecule has 0 aromatic heterocycles. The van der Waals surface area contributed by atoms with E-state index in [9.17, 15) is 5.11 Å². The highest BCUT2D eigenvalue weighted by Gasteiger charge is 2.38. The van der Waals surface area contributed by atoms with Gasteiger partial charge in [-0.1, -0.05) is 12.8 Å². The molecule has 1 atom stereocenters. The van der Waals surface area contributed by atoms with Crippen molar-refractivity contribution in [2.45, 2.75) is 63.9 Å². The zero-order chi connectivity index (χ0) is 16.2. The molecule has 2 N–H and O–H groups in total. The molecule has 0 aromatic carbocycles. The van der Waals surface area contributed by atoms with Gasteiger partial charge in [-0.2, -0.15) is 0 Å². The van der Waals surface area contributed by atoms with E-state index in [0.717, 1.165) is 64.5 Å². The second-order valence-electron chi connectivity index (χ2n) is 7.78. The van der Waals surface area contributed by atoms with Crippen LogP contribution >= 0.6 is 24.0 Å². The monoisotopic (exact) mass is 451 g/mol. The number of hydrogen-bond donors (Lipinski definition) is 2. The minimum Gasteiger partial charge on any atom is -0.388 e. The summed E-state index contributed by atoms with van der Waals surface area (Å²) in [5, 5.41) is 14.0. The molecular weight excluding hydrogens is 417 g/mol. The van der Waals surface area contributed by atoms with Crippen molar-refractivity contribution < 1.29 is 9.84 Å². The summed E-state index contributed by atoms with van der Waals surface area (Å²) in [6.45, 7) is 7.44. The molecule has 1 aliphatic carbocycles. The summed E-state index contributed by atoms with van der Waals surface area (Å²) in [5.41, 5.74) is -0.251. The third-order valence-electron chi connectivity index (χ3n) is 5.76. The Morgan fingerprint density at radius 2 is 1.92 bits per heavy atom. The van der Waals surface area contributed by atoms with E-state index in [0.29, 0.717) is 12.0 Å². The zero-order valence-corrected chi connectivity index (χ0v) is 17.4. The van der Waals surface area contributed by atoms with Crippen LogP contribution in [-0.4, -0.2) is 61.0 Å². The van der Waals surface area contributed by atoms with E-state index in [1.807, 2.05) is 0 Å². The Kier molecular flexibility index (Phi) is 7.61. The largest absolute Gasteiger partial charge is 0.388 e. The maximum absolute atomic E-state index is 10.6. The van der Waals surface area contributed by atoms with Gasteiger partial charge in [0.25, 0.3) is 0 Å². The normalized spacial score (nSPS) is 30.2. The van der Waals surface area contributed by atoms with Crippen molar-refractivity contribution in [1.82, 2.24) is 10.2 Å². The van der Waals surface area contributed by atoms with Gasteiger partial charge < -0.3 is 20.1 Å². The van der Waals surface area contributed by atoms with Crippen LogP contribution in [0.2, 0.25) is 0 Å². The number of rotatable bonds is 3. The number of nitrogens with one attached hydrogen (secondary N) is 1. The standard InChI is InChI=1S/C18H33N3O2.HI/c1-2-19-16(20-13-18(22)9-3-4-10-18)21-11-5-7-17(14-21)8-6-12-23-15-17;/h22H,2-15H2,1H3,(H,19,20);1H. The Labute approximate surface area is 163 Å². The van der Waals surface area contributed by atoms with Gasteiger partial charge in [0.05, 0.1) is 18.8 Å². The quantitative estimate of drug-likeness (QED) is 0.394. The summed E-state index contributed by atoms with van der Waals surface area (Å²) < 4.78 is 5.78. The molecule has 2 aliphatic heterocycles. The molecule has 2 saturated heterocycles. The Morgan fingerprint density at radius 3 is 2.58 bits per heavy atom. The third kappa shape index (κ3) is 4.97. The van der Waals surface area contributed by atoms with Gasteiger partial charge >= 0.3 is 0 Å². The van der Waals surface area contributed by atoms with Crippen LogP contribution in [0.15, 0.2) is 4.99 Å². The maximum Gasteiger partial charge on any atom is 0.194 e. The average molecular weight is 451 g/mol. The fourth-order valence-corrected chi connectivity index (χ4v) is 4.46. The lowest BCUT2D eigenvalue weighted by Gasteiger charge is -2.45. The third-order valence-corrected chi connectivity index (χ3v) is 5.76. The van der Waals surface area contributed by atoms with E-state index in [4.69, 9.17) is 9.73 Å². The van der Waals surface area contributed by atoms with Crippen LogP contribution in [0.25, 0.3) is 0 Å². The molecule has 1 spiro atoms. The van der Waals surface area contributed by atoms with E-state index in [-0.39, 0.29) is 24.0 Å². The number of ether oxygens (including phenoxy) is 1. The first-order valence-electron chi connectivity index (χ1n) is 9.48. The maximum atomic E-state index is 10.6. The molecule has 3 rings (SSSR count). The van der Waals surface area contributed by atoms with Crippen LogP contribution in [-0.2, 0) is 4.74 Å². The van der Waals surface area contributed by atoms with Crippen LogP contribution in [0.1, 0.15) is 58.3 Å². The number of aliphatic imine (C=N–C) groups is 1. The summed E-state index contributed by atoms with van der Waals surface area (Å²) in [6.07, 6.45) is 8.99. The van der Waals surface area contributed by atoms with Crippen molar-refractivity contribution >= 4 is 29.9 Å². The second-order valence-corrected chi connectivity index (χ2v) is 7.78. The molecule has 2 heterocycles. The first-order valence-corrected chi connectivity index (χ1v) is 9.48. The van der Waals surface area contributed by atoms with E-state index in [1.54, 1.807) is 0 Å². The van der Waals surface area contributed by atoms with Gasteiger partial charge in [-0.15, -0.1) is 24.0 Å². The van der Waals surface area contributed by atoms with Crippen molar-refractivity contribution in [3.63, 3.8) is 0 Å². The Bertz CT molecular complexity index is 413. The van der Waals surface area contributed by atoms with Gasteiger partial charge in [0, 0.05) is 31.7 Å². The molecule has 1 unspecified atom stereocenters. The molecule has 6 heteroatoms. The lowest BCUT2D eigenvalue weighted by molar-refractivity contribution is -0.0371. The smallest absolute Gasteiger partial charge is 0.194 e. The second kappa shape index (κ2) is 9.03. The van der Waals surface area contributed by atoms with Crippen LogP contribution in [0, 0.1) is 5.41 Å². The lowest BCUT2D eigenvalue weighted by atomic mass is 9.76. The van der Waals surface area contributed by atoms with Gasteiger partial charge in [-0.25, -0.2) is 0 Å². The summed E-state index contributed by atoms with van der Waals surface area (Å²) in [4.78, 5) is 7.21. The molecule has 24 heavy (non-hydrogen) atoms. The number of aliphatic hydroxyl groups is 1. The zero-order valence-electron chi connectivity index (χ0n) is 15.1. The number of likely N-dealkylation sites (tertiary alicyclic amines) is 1. The van der Waals surface area contributed by atoms with Crippen LogP contribution < -0.4 is 5.32 Å². The predicted octanol–water partition coefficient (Wildman–Crippen LogP) is 2.77. The minimum absolute atomic E-state index is 0.